The zero-order chi connectivity index (χ0) is 63.3. The maximum Gasteiger partial charge on any atom is 0.337 e. The second-order valence-electron chi connectivity index (χ2n) is 26.6. The lowest BCUT2D eigenvalue weighted by atomic mass is 9.92. The third-order valence-corrected chi connectivity index (χ3v) is 16.7. The number of piperidine rings is 2. The zero-order valence-corrected chi connectivity index (χ0v) is 53.5. The molecule has 6 aliphatic heterocycles. The minimum absolute atomic E-state index is 0.0544. The summed E-state index contributed by atoms with van der Waals surface area (Å²) in [6, 6.07) is 13.1. The molecule has 0 spiro atoms. The molecule has 2 aromatic carbocycles. The predicted octanol–water partition coefficient (Wildman–Crippen LogP) is 13.4. The number of aromatic nitrogens is 6. The third kappa shape index (κ3) is 16.4. The van der Waals surface area contributed by atoms with Gasteiger partial charge in [-0.15, -0.1) is 0 Å². The van der Waals surface area contributed by atoms with E-state index >= 15 is 0 Å². The van der Waals surface area contributed by atoms with E-state index in [1.807, 2.05) is 106 Å². The highest BCUT2D eigenvalue weighted by Gasteiger charge is 2.40. The van der Waals surface area contributed by atoms with Gasteiger partial charge in [-0.05, 0) is 196 Å². The first kappa shape index (κ1) is 65.4. The molecule has 0 saturated carbocycles. The Hall–Kier alpha value is -7.00. The van der Waals surface area contributed by atoms with Crippen LogP contribution in [0, 0.1) is 25.5 Å². The summed E-state index contributed by atoms with van der Waals surface area (Å²) in [5.74, 6) is -0.354. The van der Waals surface area contributed by atoms with Gasteiger partial charge in [0, 0.05) is 75.0 Å². The van der Waals surface area contributed by atoms with Gasteiger partial charge in [0.25, 0.3) is 0 Å². The topological polar surface area (TPSA) is 197 Å². The minimum Gasteiger partial charge on any atom is -0.490 e. The van der Waals surface area contributed by atoms with Crippen LogP contribution < -0.4 is 19.3 Å². The lowest BCUT2D eigenvalue weighted by Crippen LogP contribution is -2.46. The van der Waals surface area contributed by atoms with Crippen LogP contribution in [0.5, 0.6) is 11.5 Å². The van der Waals surface area contributed by atoms with Crippen LogP contribution in [0.25, 0.3) is 23.4 Å². The van der Waals surface area contributed by atoms with Crippen molar-refractivity contribution in [3.63, 3.8) is 0 Å². The number of aliphatic carboxylic acids is 2. The molecule has 2 fully saturated rings. The Bertz CT molecular complexity index is 3270. The quantitative estimate of drug-likeness (QED) is 0.160. The lowest BCUT2D eigenvalue weighted by molar-refractivity contribution is -0.161. The Kier molecular flexibility index (Phi) is 20.4. The Morgan fingerprint density at radius 1 is 0.602 bits per heavy atom. The van der Waals surface area contributed by atoms with Crippen LogP contribution in [-0.4, -0.2) is 125 Å². The number of allylic oxidation sites excluding steroid dienone is 2. The monoisotopic (exact) mass is 1220 g/mol. The first-order valence-corrected chi connectivity index (χ1v) is 31.3. The number of ether oxygens (including phenoxy) is 6. The van der Waals surface area contributed by atoms with Crippen molar-refractivity contribution in [3.8, 4) is 11.5 Å². The molecule has 0 aliphatic carbocycles. The van der Waals surface area contributed by atoms with Gasteiger partial charge < -0.3 is 48.4 Å². The average Bonchev–Trinajstić information content (AvgIpc) is 1.47. The number of fused-ring (bicyclic) bond motifs is 18. The van der Waals surface area contributed by atoms with Crippen LogP contribution in [0.4, 0.5) is 20.4 Å². The first-order chi connectivity index (χ1) is 41.6. The molecule has 4 atom stereocenters. The van der Waals surface area contributed by atoms with Gasteiger partial charge in [0.15, 0.2) is 23.5 Å². The molecule has 6 aliphatic rings. The van der Waals surface area contributed by atoms with Gasteiger partial charge in [-0.3, -0.25) is 0 Å². The van der Waals surface area contributed by atoms with Crippen LogP contribution in [0.1, 0.15) is 191 Å². The molecule has 476 valence electrons. The molecule has 18 nitrogen and oxygen atoms in total. The number of carboxylic acid groups (broad SMARTS) is 2. The number of hydrogen-bond donors (Lipinski definition) is 2. The van der Waals surface area contributed by atoms with Crippen molar-refractivity contribution >= 4 is 47.0 Å². The van der Waals surface area contributed by atoms with Gasteiger partial charge >= 0.3 is 11.9 Å². The fourth-order valence-electron chi connectivity index (χ4n) is 12.0. The molecule has 88 heavy (non-hydrogen) atoms. The molecule has 2 saturated heterocycles. The predicted molar refractivity (Wildman–Crippen MR) is 336 cm³/mol. The smallest absolute Gasteiger partial charge is 0.337 e. The largest absolute Gasteiger partial charge is 0.490 e. The maximum absolute atomic E-state index is 14.2. The molecule has 6 aromatic rings. The third-order valence-electron chi connectivity index (χ3n) is 16.7. The summed E-state index contributed by atoms with van der Waals surface area (Å²) in [5.41, 5.74) is 4.58. The second kappa shape index (κ2) is 27.4. The van der Waals surface area contributed by atoms with E-state index in [4.69, 9.17) is 48.6 Å². The van der Waals surface area contributed by atoms with Gasteiger partial charge in [-0.2, -0.15) is 19.2 Å². The van der Waals surface area contributed by atoms with Gasteiger partial charge in [0.05, 0.1) is 57.1 Å². The average molecular weight is 1220 g/mol. The van der Waals surface area contributed by atoms with Gasteiger partial charge in [-0.25, -0.2) is 28.3 Å². The number of carboxylic acids is 2. The van der Waals surface area contributed by atoms with Crippen LogP contribution >= 0.6 is 0 Å². The fraction of sp³-hybridized carbons (Fsp3) is 0.559. The molecule has 20 heteroatoms. The van der Waals surface area contributed by atoms with Crippen LogP contribution in [0.3, 0.4) is 0 Å². The number of carbonyl (C=O) groups is 2. The van der Waals surface area contributed by atoms with Crippen LogP contribution in [0.2, 0.25) is 0 Å². The molecule has 10 heterocycles. The number of rotatable bonds is 6. The maximum atomic E-state index is 14.2. The molecule has 4 aromatic heterocycles. The van der Waals surface area contributed by atoms with E-state index in [1.54, 1.807) is 21.2 Å². The van der Waals surface area contributed by atoms with E-state index < -0.39 is 35.3 Å². The second-order valence-corrected chi connectivity index (χ2v) is 26.6. The van der Waals surface area contributed by atoms with E-state index in [0.29, 0.717) is 121 Å². The molecule has 8 bridgehead atoms. The summed E-state index contributed by atoms with van der Waals surface area (Å²) in [6.45, 7) is 27.1. The number of halogens is 2. The highest BCUT2D eigenvalue weighted by Crippen LogP contribution is 2.41. The van der Waals surface area contributed by atoms with Crippen molar-refractivity contribution < 1.29 is 57.0 Å². The Morgan fingerprint density at radius 2 is 0.977 bits per heavy atom. The van der Waals surface area contributed by atoms with Crippen molar-refractivity contribution in [1.82, 2.24) is 29.2 Å². The molecule has 0 unspecified atom stereocenters. The van der Waals surface area contributed by atoms with Gasteiger partial charge in [0.1, 0.15) is 34.8 Å². The summed E-state index contributed by atoms with van der Waals surface area (Å²) in [4.78, 5) is 39.3. The van der Waals surface area contributed by atoms with Gasteiger partial charge in [-0.1, -0.05) is 24.3 Å². The van der Waals surface area contributed by atoms with E-state index in [9.17, 15) is 28.6 Å². The highest BCUT2D eigenvalue weighted by atomic mass is 19.1. The van der Waals surface area contributed by atoms with Crippen LogP contribution in [0.15, 0.2) is 60.7 Å². The number of aryl methyl sites for hydroxylation is 2. The van der Waals surface area contributed by atoms with E-state index in [0.717, 1.165) is 75.3 Å². The first-order valence-electron chi connectivity index (χ1n) is 31.3. The number of hydrogen-bond acceptors (Lipinski definition) is 14. The lowest BCUT2D eigenvalue weighted by Gasteiger charge is -2.41. The molecular weight excluding hydrogens is 1130 g/mol. The van der Waals surface area contributed by atoms with Crippen molar-refractivity contribution in [2.45, 2.75) is 207 Å². The summed E-state index contributed by atoms with van der Waals surface area (Å²) in [6.07, 6.45) is 14.8. The molecule has 0 amide bonds. The number of benzene rings is 2. The zero-order valence-electron chi connectivity index (χ0n) is 53.5. The number of nitrogens with zero attached hydrogens (tertiary/aromatic N) is 8. The Morgan fingerprint density at radius 3 is 1.33 bits per heavy atom. The van der Waals surface area contributed by atoms with Crippen molar-refractivity contribution in [3.05, 3.63) is 117 Å². The summed E-state index contributed by atoms with van der Waals surface area (Å²) in [5, 5.41) is 30.5. The summed E-state index contributed by atoms with van der Waals surface area (Å²) >= 11 is 0. The molecule has 2 N–H and O–H groups in total. The highest BCUT2D eigenvalue weighted by molar-refractivity contribution is 5.79. The van der Waals surface area contributed by atoms with Crippen molar-refractivity contribution in [2.24, 2.45) is 0 Å². The summed E-state index contributed by atoms with van der Waals surface area (Å²) in [7, 11) is 0. The minimum atomic E-state index is -1.22. The van der Waals surface area contributed by atoms with E-state index in [2.05, 4.69) is 23.6 Å². The standard InChI is InChI=1S/2C34H45FN4O5/c2*1-22-10-7-8-19-42-34(6)15-17-38(18-16-34)31-29(30(32(40)41)44-33(3,4)5)23(2)36-28-21-26(37-39(28)31)12-9-11-24-13-14-25(35)20-27(24)43-22/h2*9,12-14,20-22,30H,7-8,10-11,15-19H2,1-6H3,(H,40,41)/t2*22-,30-/m00/s1. The molecular formula is C68H90F2N8O10. The Labute approximate surface area is 516 Å². The molecule has 0 radical (unpaired) electrons. The SMILES string of the molecule is Cc1nc2cc3nn2c(c1[C@H](OC(C)(C)C)C(=O)O)N1CCC(C)(CC1)OCCCC[C@H](C)Oc1cc(F)ccc1CC=C3.Cc1nc2cc3nn2c(c1[C@H](OC(C)(C)C)C(=O)O)N1CCC(C)(CC1)OCCCC[C@H](C)Oc1cc(F)ccc1CC=C3. The van der Waals surface area contributed by atoms with E-state index in [-0.39, 0.29) is 35.0 Å². The number of anilines is 2. The van der Waals surface area contributed by atoms with Crippen molar-refractivity contribution in [2.75, 3.05) is 49.2 Å². The van der Waals surface area contributed by atoms with E-state index in [1.165, 1.54) is 24.3 Å². The van der Waals surface area contributed by atoms with Gasteiger partial charge in [0.2, 0.25) is 0 Å². The Balaban J connectivity index is 0.000000209. The fourth-order valence-corrected chi connectivity index (χ4v) is 12.0. The molecule has 12 rings (SSSR count). The van der Waals surface area contributed by atoms with Crippen LogP contribution in [-0.2, 0) is 41.4 Å². The summed E-state index contributed by atoms with van der Waals surface area (Å²) < 4.78 is 69.3. The normalized spacial score (nSPS) is 22.5. The van der Waals surface area contributed by atoms with Crippen molar-refractivity contribution in [1.29, 1.82) is 0 Å².